The van der Waals surface area contributed by atoms with Crippen LogP contribution in [0.2, 0.25) is 10.0 Å². The van der Waals surface area contributed by atoms with Crippen molar-refractivity contribution in [3.63, 3.8) is 0 Å². The van der Waals surface area contributed by atoms with Gasteiger partial charge in [-0.25, -0.2) is 0 Å². The van der Waals surface area contributed by atoms with Crippen LogP contribution in [-0.4, -0.2) is 12.4 Å². The van der Waals surface area contributed by atoms with Crippen molar-refractivity contribution in [2.24, 2.45) is 10.3 Å². The molecule has 12 heteroatoms. The van der Waals surface area contributed by atoms with Crippen molar-refractivity contribution in [1.82, 2.24) is 0 Å². The van der Waals surface area contributed by atoms with Crippen LogP contribution in [-0.2, 0) is 0 Å². The number of nitrogens with zero attached hydrogens (tertiary/aromatic N) is 3. The zero-order chi connectivity index (χ0) is 16.7. The number of halogens is 8. The maximum absolute atomic E-state index is 12.6. The summed E-state index contributed by atoms with van der Waals surface area (Å²) in [7, 11) is 0. The first kappa shape index (κ1) is 17.2. The van der Waals surface area contributed by atoms with Crippen molar-refractivity contribution in [1.29, 1.82) is 0 Å². The van der Waals surface area contributed by atoms with Gasteiger partial charge in [-0.15, -0.1) is 5.11 Å². The fourth-order valence-electron chi connectivity index (χ4n) is 1.41. The Balaban J connectivity index is 2.37. The largest absolute Gasteiger partial charge is 0.424 e. The highest BCUT2D eigenvalue weighted by atomic mass is 35.5. The summed E-state index contributed by atoms with van der Waals surface area (Å²) >= 11 is 11.5. The predicted octanol–water partition coefficient (Wildman–Crippen LogP) is 6.17. The van der Waals surface area contributed by atoms with Crippen molar-refractivity contribution >= 4 is 40.8 Å². The summed E-state index contributed by atoms with van der Waals surface area (Å²) in [5.74, 6) is 0. The second kappa shape index (κ2) is 5.82. The van der Waals surface area contributed by atoms with E-state index in [0.29, 0.717) is 0 Å². The van der Waals surface area contributed by atoms with Gasteiger partial charge in [0.2, 0.25) is 0 Å². The van der Waals surface area contributed by atoms with Crippen LogP contribution in [0.5, 0.6) is 0 Å². The third kappa shape index (κ3) is 3.61. The van der Waals surface area contributed by atoms with Gasteiger partial charge in [0.15, 0.2) is 10.6 Å². The minimum Gasteiger partial charge on any atom is -0.182 e. The molecule has 0 atom stereocenters. The van der Waals surface area contributed by atoms with Gasteiger partial charge in [0, 0.05) is 11.9 Å². The molecule has 0 N–H and O–H groups in total. The van der Waals surface area contributed by atoms with Gasteiger partial charge in [-0.1, -0.05) is 28.4 Å². The maximum Gasteiger partial charge on any atom is 0.424 e. The van der Waals surface area contributed by atoms with E-state index in [0.717, 1.165) is 4.41 Å². The first-order chi connectivity index (χ1) is 10.00. The van der Waals surface area contributed by atoms with E-state index in [-0.39, 0.29) is 27.7 Å². The summed E-state index contributed by atoms with van der Waals surface area (Å²) in [6.45, 7) is 0. The molecule has 0 bridgehead atoms. The summed E-state index contributed by atoms with van der Waals surface area (Å²) in [6.07, 6.45) is -11.2. The Morgan fingerprint density at radius 3 is 2.09 bits per heavy atom. The standard InChI is InChI=1S/C10H3Cl2F6N3S/c11-5-2-1-4(3-6(5)12)21-20-19-8(22-21)7(9(13,14)15)10(16,17)18/h1-3H. The Morgan fingerprint density at radius 2 is 1.59 bits per heavy atom. The van der Waals surface area contributed by atoms with E-state index in [1.165, 1.54) is 18.2 Å². The summed E-state index contributed by atoms with van der Waals surface area (Å²) in [5.41, 5.74) is -2.59. The summed E-state index contributed by atoms with van der Waals surface area (Å²) < 4.78 is 76.2. The Bertz CT molecular complexity index is 639. The lowest BCUT2D eigenvalue weighted by atomic mass is 10.3. The fraction of sp³-hybridized carbons (Fsp3) is 0.200. The highest BCUT2D eigenvalue weighted by Gasteiger charge is 2.54. The van der Waals surface area contributed by atoms with Crippen LogP contribution in [0.15, 0.2) is 39.1 Å². The molecule has 0 saturated carbocycles. The number of alkyl halides is 6. The van der Waals surface area contributed by atoms with E-state index in [4.69, 9.17) is 23.2 Å². The van der Waals surface area contributed by atoms with Gasteiger partial charge in [0.05, 0.1) is 15.7 Å². The molecule has 0 fully saturated rings. The topological polar surface area (TPSA) is 28.0 Å². The number of hydrogen-bond acceptors (Lipinski definition) is 4. The lowest BCUT2D eigenvalue weighted by Crippen LogP contribution is -2.27. The Kier molecular flexibility index (Phi) is 4.56. The average Bonchev–Trinajstić information content (AvgIpc) is 2.77. The molecule has 1 aliphatic heterocycles. The van der Waals surface area contributed by atoms with Crippen LogP contribution in [0.4, 0.5) is 32.0 Å². The molecule has 1 aromatic rings. The SMILES string of the molecule is FC(F)(F)C(=C1N=NN(c2ccc(Cl)c(Cl)c2)S1)C(F)(F)F. The van der Waals surface area contributed by atoms with Gasteiger partial charge >= 0.3 is 12.4 Å². The lowest BCUT2D eigenvalue weighted by molar-refractivity contribution is -0.172. The van der Waals surface area contributed by atoms with Gasteiger partial charge in [-0.05, 0) is 18.2 Å². The first-order valence-electron chi connectivity index (χ1n) is 5.23. The van der Waals surface area contributed by atoms with Crippen LogP contribution in [0.25, 0.3) is 0 Å². The molecule has 0 aliphatic carbocycles. The van der Waals surface area contributed by atoms with Crippen molar-refractivity contribution in [3.05, 3.63) is 38.8 Å². The molecule has 0 saturated heterocycles. The smallest absolute Gasteiger partial charge is 0.182 e. The number of hydrogen-bond donors (Lipinski definition) is 0. The van der Waals surface area contributed by atoms with Gasteiger partial charge in [0.25, 0.3) is 0 Å². The summed E-state index contributed by atoms with van der Waals surface area (Å²) in [4.78, 5) is 0. The van der Waals surface area contributed by atoms with Crippen molar-refractivity contribution in [2.75, 3.05) is 4.41 Å². The molecule has 1 heterocycles. The van der Waals surface area contributed by atoms with E-state index in [1.54, 1.807) is 0 Å². The van der Waals surface area contributed by atoms with E-state index in [9.17, 15) is 26.3 Å². The molecule has 3 nitrogen and oxygen atoms in total. The van der Waals surface area contributed by atoms with E-state index in [2.05, 4.69) is 10.3 Å². The van der Waals surface area contributed by atoms with Crippen LogP contribution in [0.3, 0.4) is 0 Å². The zero-order valence-electron chi connectivity index (χ0n) is 10.0. The van der Waals surface area contributed by atoms with Gasteiger partial charge in [-0.3, -0.25) is 0 Å². The summed E-state index contributed by atoms with van der Waals surface area (Å²) in [6, 6.07) is 3.88. The third-order valence-corrected chi connectivity index (χ3v) is 3.95. The monoisotopic (exact) mass is 381 g/mol. The molecule has 2 rings (SSSR count). The minimum absolute atomic E-state index is 0.0688. The van der Waals surface area contributed by atoms with Gasteiger partial charge in [-0.2, -0.15) is 30.8 Å². The lowest BCUT2D eigenvalue weighted by Gasteiger charge is -2.16. The first-order valence-corrected chi connectivity index (χ1v) is 6.76. The van der Waals surface area contributed by atoms with E-state index < -0.39 is 23.0 Å². The van der Waals surface area contributed by atoms with Crippen molar-refractivity contribution < 1.29 is 26.3 Å². The minimum atomic E-state index is -5.60. The molecule has 22 heavy (non-hydrogen) atoms. The summed E-state index contributed by atoms with van der Waals surface area (Å²) in [5, 5.41) is 5.17. The number of allylic oxidation sites excluding steroid dienone is 1. The number of benzene rings is 1. The predicted molar refractivity (Wildman–Crippen MR) is 70.5 cm³/mol. The second-order valence-corrected chi connectivity index (χ2v) is 5.56. The van der Waals surface area contributed by atoms with Crippen molar-refractivity contribution in [3.8, 4) is 0 Å². The molecule has 0 radical (unpaired) electrons. The number of rotatable bonds is 1. The average molecular weight is 382 g/mol. The number of anilines is 1. The molecule has 1 aliphatic rings. The molecule has 0 unspecified atom stereocenters. The van der Waals surface area contributed by atoms with Crippen LogP contribution < -0.4 is 4.41 Å². The van der Waals surface area contributed by atoms with Crippen LogP contribution in [0.1, 0.15) is 0 Å². The van der Waals surface area contributed by atoms with Gasteiger partial charge < -0.3 is 0 Å². The highest BCUT2D eigenvalue weighted by molar-refractivity contribution is 8.04. The quantitative estimate of drug-likeness (QED) is 0.430. The Labute approximate surface area is 133 Å². The van der Waals surface area contributed by atoms with Crippen molar-refractivity contribution in [2.45, 2.75) is 12.4 Å². The molecule has 0 amide bonds. The molecular formula is C10H3Cl2F6N3S. The molecule has 0 aromatic heterocycles. The zero-order valence-corrected chi connectivity index (χ0v) is 12.3. The van der Waals surface area contributed by atoms with E-state index >= 15 is 0 Å². The van der Waals surface area contributed by atoms with E-state index in [1.807, 2.05) is 0 Å². The van der Waals surface area contributed by atoms with Gasteiger partial charge in [0.1, 0.15) is 0 Å². The second-order valence-electron chi connectivity index (χ2n) is 3.83. The fourth-order valence-corrected chi connectivity index (χ4v) is 2.55. The normalized spacial score (nSPS) is 15.6. The third-order valence-electron chi connectivity index (χ3n) is 2.29. The maximum atomic E-state index is 12.6. The Hall–Kier alpha value is -1.13. The Morgan fingerprint density at radius 1 is 1.00 bits per heavy atom. The molecule has 120 valence electrons. The molecule has 1 aromatic carbocycles. The van der Waals surface area contributed by atoms with Crippen LogP contribution in [0, 0.1) is 0 Å². The van der Waals surface area contributed by atoms with Crippen LogP contribution >= 0.6 is 35.1 Å². The highest BCUT2D eigenvalue weighted by Crippen LogP contribution is 2.47. The molecule has 0 spiro atoms. The molecular weight excluding hydrogens is 379 g/mol.